The number of benzene rings is 1. The number of urea groups is 1. The molecule has 0 bridgehead atoms. The number of hydrogen-bond acceptors (Lipinski definition) is 6. The predicted octanol–water partition coefficient (Wildman–Crippen LogP) is 1.28. The molecule has 142 valence electrons. The fourth-order valence-electron chi connectivity index (χ4n) is 3.47. The Bertz CT molecular complexity index is 878. The third-order valence-electron chi connectivity index (χ3n) is 5.16. The van der Waals surface area contributed by atoms with Crippen molar-refractivity contribution in [3.05, 3.63) is 17.7 Å². The first-order valence-electron chi connectivity index (χ1n) is 8.68. The van der Waals surface area contributed by atoms with Gasteiger partial charge in [-0.1, -0.05) is 0 Å². The van der Waals surface area contributed by atoms with Crippen LogP contribution >= 0.6 is 0 Å². The zero-order chi connectivity index (χ0) is 19.3. The molecule has 2 fully saturated rings. The van der Waals surface area contributed by atoms with Crippen molar-refractivity contribution >= 4 is 29.3 Å². The molecule has 1 aromatic rings. The summed E-state index contributed by atoms with van der Waals surface area (Å²) in [6.45, 7) is 2.66. The van der Waals surface area contributed by atoms with E-state index in [1.54, 1.807) is 6.92 Å². The van der Waals surface area contributed by atoms with Crippen LogP contribution in [0.1, 0.15) is 37.0 Å². The topological polar surface area (TPSA) is 114 Å². The molecule has 4 amide bonds. The Hall–Kier alpha value is -3.10. The van der Waals surface area contributed by atoms with Gasteiger partial charge in [0, 0.05) is 11.6 Å². The van der Waals surface area contributed by atoms with Gasteiger partial charge in [0.25, 0.3) is 5.91 Å². The van der Waals surface area contributed by atoms with Crippen molar-refractivity contribution in [2.45, 2.75) is 32.2 Å². The van der Waals surface area contributed by atoms with Crippen molar-refractivity contribution in [1.82, 2.24) is 10.2 Å². The van der Waals surface area contributed by atoms with Gasteiger partial charge in [-0.25, -0.2) is 4.79 Å². The highest BCUT2D eigenvalue weighted by atomic mass is 16.7. The number of fused-ring (bicyclic) bond motifs is 1. The molecule has 3 aliphatic rings. The molecule has 1 saturated heterocycles. The minimum atomic E-state index is -0.944. The highest BCUT2D eigenvalue weighted by Gasteiger charge is 2.56. The zero-order valence-electron chi connectivity index (χ0n) is 15.0. The van der Waals surface area contributed by atoms with Crippen LogP contribution in [0.15, 0.2) is 12.1 Å². The normalized spacial score (nSPS) is 23.4. The fraction of sp³-hybridized carbons (Fsp3) is 0.444. The van der Waals surface area contributed by atoms with Crippen LogP contribution < -0.4 is 20.1 Å². The van der Waals surface area contributed by atoms with Crippen LogP contribution in [-0.4, -0.2) is 47.4 Å². The van der Waals surface area contributed by atoms with E-state index < -0.39 is 29.9 Å². The molecule has 0 unspecified atom stereocenters. The van der Waals surface area contributed by atoms with Crippen molar-refractivity contribution in [3.63, 3.8) is 0 Å². The largest absolute Gasteiger partial charge is 0.454 e. The lowest BCUT2D eigenvalue weighted by atomic mass is 9.96. The van der Waals surface area contributed by atoms with Gasteiger partial charge in [-0.15, -0.1) is 0 Å². The van der Waals surface area contributed by atoms with Gasteiger partial charge in [0.1, 0.15) is 12.1 Å². The van der Waals surface area contributed by atoms with E-state index in [1.807, 2.05) is 0 Å². The summed E-state index contributed by atoms with van der Waals surface area (Å²) >= 11 is 0. The smallest absolute Gasteiger partial charge is 0.325 e. The lowest BCUT2D eigenvalue weighted by Crippen LogP contribution is -2.46. The van der Waals surface area contributed by atoms with Gasteiger partial charge in [0.2, 0.25) is 12.7 Å². The Kier molecular flexibility index (Phi) is 3.83. The number of nitrogens with one attached hydrogen (secondary N) is 2. The van der Waals surface area contributed by atoms with Crippen LogP contribution in [-0.2, 0) is 9.59 Å². The number of carbonyl (C=O) groups excluding carboxylic acids is 4. The van der Waals surface area contributed by atoms with Crippen LogP contribution in [0.3, 0.4) is 0 Å². The van der Waals surface area contributed by atoms with Gasteiger partial charge < -0.3 is 20.1 Å². The third-order valence-corrected chi connectivity index (χ3v) is 5.16. The van der Waals surface area contributed by atoms with Crippen molar-refractivity contribution in [2.24, 2.45) is 5.92 Å². The number of Topliss-reactive ketones (excluding diaryl/α,β-unsaturated/α-hetero) is 1. The van der Waals surface area contributed by atoms with Gasteiger partial charge in [-0.3, -0.25) is 19.3 Å². The average Bonchev–Trinajstić information content (AvgIpc) is 3.33. The number of rotatable bonds is 5. The van der Waals surface area contributed by atoms with Gasteiger partial charge >= 0.3 is 6.03 Å². The summed E-state index contributed by atoms with van der Waals surface area (Å²) < 4.78 is 10.5. The summed E-state index contributed by atoms with van der Waals surface area (Å²) in [6.07, 6.45) is 1.75. The van der Waals surface area contributed by atoms with Crippen molar-refractivity contribution < 1.29 is 28.7 Å². The maximum atomic E-state index is 12.6. The number of carbonyl (C=O) groups is 4. The molecule has 0 spiro atoms. The molecule has 2 aliphatic heterocycles. The summed E-state index contributed by atoms with van der Waals surface area (Å²) in [4.78, 5) is 50.0. The Morgan fingerprint density at radius 2 is 1.93 bits per heavy atom. The molecular weight excluding hydrogens is 354 g/mol. The van der Waals surface area contributed by atoms with E-state index in [0.717, 1.165) is 17.7 Å². The van der Waals surface area contributed by atoms with Crippen molar-refractivity contribution in [2.75, 3.05) is 18.7 Å². The summed E-state index contributed by atoms with van der Waals surface area (Å²) in [5.74, 6) is -0.304. The summed E-state index contributed by atoms with van der Waals surface area (Å²) in [5.41, 5.74) is -0.443. The third kappa shape index (κ3) is 2.88. The molecule has 0 aromatic heterocycles. The number of anilines is 1. The molecule has 9 nitrogen and oxygen atoms in total. The molecule has 0 radical (unpaired) electrons. The molecule has 4 rings (SSSR count). The van der Waals surface area contributed by atoms with Crippen LogP contribution in [0.2, 0.25) is 0 Å². The Balaban J connectivity index is 1.51. The molecule has 1 saturated carbocycles. The lowest BCUT2D eigenvalue weighted by Gasteiger charge is -2.20. The second kappa shape index (κ2) is 5.97. The van der Waals surface area contributed by atoms with Gasteiger partial charge in [0.05, 0.1) is 5.69 Å². The highest BCUT2D eigenvalue weighted by molar-refractivity contribution is 6.11. The van der Waals surface area contributed by atoms with Crippen LogP contribution in [0.5, 0.6) is 11.5 Å². The first kappa shape index (κ1) is 17.3. The predicted molar refractivity (Wildman–Crippen MR) is 92.6 cm³/mol. The van der Waals surface area contributed by atoms with E-state index in [1.165, 1.54) is 19.1 Å². The number of ether oxygens (including phenoxy) is 2. The molecular formula is C18H19N3O6. The van der Waals surface area contributed by atoms with Gasteiger partial charge in [-0.05, 0) is 38.7 Å². The molecule has 2 heterocycles. The molecule has 1 aliphatic carbocycles. The first-order valence-corrected chi connectivity index (χ1v) is 8.68. The Labute approximate surface area is 155 Å². The van der Waals surface area contributed by atoms with E-state index in [0.29, 0.717) is 11.5 Å². The number of imide groups is 1. The lowest BCUT2D eigenvalue weighted by molar-refractivity contribution is -0.134. The van der Waals surface area contributed by atoms with Crippen molar-refractivity contribution in [1.29, 1.82) is 0 Å². The summed E-state index contributed by atoms with van der Waals surface area (Å²) in [6, 6.07) is 2.41. The zero-order valence-corrected chi connectivity index (χ0v) is 15.0. The van der Waals surface area contributed by atoms with Gasteiger partial charge in [-0.2, -0.15) is 0 Å². The van der Waals surface area contributed by atoms with E-state index in [-0.39, 0.29) is 29.7 Å². The SMILES string of the molecule is CC(=O)c1cc2c(cc1NC(=O)CN1C(=O)N[C@@](C)(C3CC3)C1=O)OCO2. The van der Waals surface area contributed by atoms with E-state index >= 15 is 0 Å². The maximum absolute atomic E-state index is 12.6. The van der Waals surface area contributed by atoms with E-state index in [4.69, 9.17) is 9.47 Å². The quantitative estimate of drug-likeness (QED) is 0.594. The minimum absolute atomic E-state index is 0.0340. The van der Waals surface area contributed by atoms with Crippen molar-refractivity contribution in [3.8, 4) is 11.5 Å². The van der Waals surface area contributed by atoms with Crippen LogP contribution in [0.25, 0.3) is 0 Å². The summed E-state index contributed by atoms with van der Waals surface area (Å²) in [7, 11) is 0. The monoisotopic (exact) mass is 373 g/mol. The van der Waals surface area contributed by atoms with Crippen LogP contribution in [0.4, 0.5) is 10.5 Å². The molecule has 1 atom stereocenters. The first-order chi connectivity index (χ1) is 12.8. The number of amides is 4. The van der Waals surface area contributed by atoms with E-state index in [9.17, 15) is 19.2 Å². The summed E-state index contributed by atoms with van der Waals surface area (Å²) in [5, 5.41) is 5.28. The molecule has 9 heteroatoms. The highest BCUT2D eigenvalue weighted by Crippen LogP contribution is 2.42. The minimum Gasteiger partial charge on any atom is -0.454 e. The number of nitrogens with zero attached hydrogens (tertiary/aromatic N) is 1. The second-order valence-electron chi connectivity index (χ2n) is 7.15. The second-order valence-corrected chi connectivity index (χ2v) is 7.15. The standard InChI is InChI=1S/C18H19N3O6/c1-9(22)11-5-13-14(27-8-26-13)6-12(11)19-15(23)7-21-16(24)18(2,10-3-4-10)20-17(21)25/h5-6,10H,3-4,7-8H2,1-2H3,(H,19,23)(H,20,25)/t18-/m0/s1. The Morgan fingerprint density at radius 3 is 2.56 bits per heavy atom. The average molecular weight is 373 g/mol. The number of ketones is 1. The molecule has 1 aromatic carbocycles. The van der Waals surface area contributed by atoms with Gasteiger partial charge in [0.15, 0.2) is 17.3 Å². The van der Waals surface area contributed by atoms with Crippen LogP contribution in [0, 0.1) is 5.92 Å². The molecule has 2 N–H and O–H groups in total. The Morgan fingerprint density at radius 1 is 1.26 bits per heavy atom. The molecule has 27 heavy (non-hydrogen) atoms. The fourth-order valence-corrected chi connectivity index (χ4v) is 3.47. The van der Waals surface area contributed by atoms with E-state index in [2.05, 4.69) is 10.6 Å². The maximum Gasteiger partial charge on any atom is 0.325 e. The number of hydrogen-bond donors (Lipinski definition) is 2.